The second-order valence-electron chi connectivity index (χ2n) is 4.51. The van der Waals surface area contributed by atoms with Crippen LogP contribution in [0.1, 0.15) is 45.3 Å². The number of hydrogen-bond donors (Lipinski definition) is 0. The first kappa shape index (κ1) is 15.2. The lowest BCUT2D eigenvalue weighted by Crippen LogP contribution is -2.15. The highest BCUT2D eigenvalue weighted by Crippen LogP contribution is 2.24. The van der Waals surface area contributed by atoms with Crippen LogP contribution in [0.4, 0.5) is 0 Å². The van der Waals surface area contributed by atoms with E-state index >= 15 is 0 Å². The summed E-state index contributed by atoms with van der Waals surface area (Å²) in [5.41, 5.74) is 0.952. The second-order valence-corrected chi connectivity index (χ2v) is 4.51. The zero-order valence-corrected chi connectivity index (χ0v) is 11.6. The molecular formula is C15H20O4. The van der Waals surface area contributed by atoms with Gasteiger partial charge in [0.15, 0.2) is 0 Å². The highest BCUT2D eigenvalue weighted by atomic mass is 16.5. The number of rotatable bonds is 6. The number of ether oxygens (including phenoxy) is 2. The molecule has 0 amide bonds. The molecule has 0 N–H and O–H groups in total. The van der Waals surface area contributed by atoms with E-state index in [9.17, 15) is 9.59 Å². The van der Waals surface area contributed by atoms with E-state index in [4.69, 9.17) is 9.47 Å². The molecule has 2 atom stereocenters. The van der Waals surface area contributed by atoms with Crippen molar-refractivity contribution in [2.75, 3.05) is 0 Å². The molecule has 0 aliphatic rings. The summed E-state index contributed by atoms with van der Waals surface area (Å²) in [7, 11) is 0. The van der Waals surface area contributed by atoms with Gasteiger partial charge in [-0.25, -0.2) is 0 Å². The molecule has 4 heteroatoms. The molecule has 0 fully saturated rings. The molecule has 0 radical (unpaired) electrons. The van der Waals surface area contributed by atoms with Crippen LogP contribution in [0.25, 0.3) is 0 Å². The Kier molecular flexibility index (Phi) is 6.06. The summed E-state index contributed by atoms with van der Waals surface area (Å²) in [6, 6.07) is 9.56. The van der Waals surface area contributed by atoms with Gasteiger partial charge < -0.3 is 9.47 Å². The Morgan fingerprint density at radius 2 is 1.58 bits per heavy atom. The monoisotopic (exact) mass is 264 g/mol. The summed E-state index contributed by atoms with van der Waals surface area (Å²) in [6.07, 6.45) is 0.792. The SMILES string of the molecule is CC(=O)O[C@@H](CC[C@H](C)OC(C)=O)c1ccccc1. The van der Waals surface area contributed by atoms with E-state index < -0.39 is 0 Å². The van der Waals surface area contributed by atoms with Gasteiger partial charge in [0.05, 0.1) is 6.10 Å². The Hall–Kier alpha value is -1.84. The minimum absolute atomic E-state index is 0.181. The minimum Gasteiger partial charge on any atom is -0.463 e. The van der Waals surface area contributed by atoms with Crippen molar-refractivity contribution in [3.8, 4) is 0 Å². The lowest BCUT2D eigenvalue weighted by molar-refractivity contribution is -0.150. The number of carbonyl (C=O) groups excluding carboxylic acids is 2. The van der Waals surface area contributed by atoms with Gasteiger partial charge in [0.2, 0.25) is 0 Å². The summed E-state index contributed by atoms with van der Waals surface area (Å²) >= 11 is 0. The summed E-state index contributed by atoms with van der Waals surface area (Å²) in [5.74, 6) is -0.606. The van der Waals surface area contributed by atoms with Crippen molar-refractivity contribution in [1.29, 1.82) is 0 Å². The van der Waals surface area contributed by atoms with Gasteiger partial charge in [-0.3, -0.25) is 9.59 Å². The Balaban J connectivity index is 2.60. The topological polar surface area (TPSA) is 52.6 Å². The molecule has 0 aliphatic carbocycles. The first-order chi connectivity index (χ1) is 8.99. The molecule has 1 aromatic carbocycles. The predicted octanol–water partition coefficient (Wildman–Crippen LogP) is 3.02. The van der Waals surface area contributed by atoms with E-state index in [1.807, 2.05) is 37.3 Å². The predicted molar refractivity (Wildman–Crippen MR) is 71.4 cm³/mol. The molecule has 104 valence electrons. The van der Waals surface area contributed by atoms with E-state index in [1.165, 1.54) is 13.8 Å². The summed E-state index contributed by atoms with van der Waals surface area (Å²) in [6.45, 7) is 4.61. The second kappa shape index (κ2) is 7.56. The van der Waals surface area contributed by atoms with Gasteiger partial charge in [-0.15, -0.1) is 0 Å². The zero-order chi connectivity index (χ0) is 14.3. The van der Waals surface area contributed by atoms with Crippen LogP contribution in [0.3, 0.4) is 0 Å². The number of hydrogen-bond acceptors (Lipinski definition) is 4. The maximum absolute atomic E-state index is 11.1. The number of benzene rings is 1. The van der Waals surface area contributed by atoms with E-state index in [2.05, 4.69) is 0 Å². The molecule has 1 rings (SSSR count). The fourth-order valence-electron chi connectivity index (χ4n) is 1.89. The van der Waals surface area contributed by atoms with Crippen molar-refractivity contribution in [1.82, 2.24) is 0 Å². The van der Waals surface area contributed by atoms with Crippen LogP contribution in [0.5, 0.6) is 0 Å². The molecule has 19 heavy (non-hydrogen) atoms. The molecule has 0 aromatic heterocycles. The third kappa shape index (κ3) is 6.04. The molecule has 0 saturated carbocycles. The van der Waals surface area contributed by atoms with Crippen molar-refractivity contribution in [3.63, 3.8) is 0 Å². The minimum atomic E-state index is -0.311. The molecule has 4 nitrogen and oxygen atoms in total. The summed E-state index contributed by atoms with van der Waals surface area (Å²) in [5, 5.41) is 0. The summed E-state index contributed by atoms with van der Waals surface area (Å²) in [4.78, 5) is 22.0. The first-order valence-electron chi connectivity index (χ1n) is 6.38. The third-order valence-corrected chi connectivity index (χ3v) is 2.68. The van der Waals surface area contributed by atoms with Crippen LogP contribution in [0, 0.1) is 0 Å². The van der Waals surface area contributed by atoms with E-state index in [-0.39, 0.29) is 24.1 Å². The maximum Gasteiger partial charge on any atom is 0.303 e. The fraction of sp³-hybridized carbons (Fsp3) is 0.467. The quantitative estimate of drug-likeness (QED) is 0.741. The van der Waals surface area contributed by atoms with Crippen LogP contribution in [0.15, 0.2) is 30.3 Å². The molecule has 0 unspecified atom stereocenters. The molecule has 0 spiro atoms. The Morgan fingerprint density at radius 3 is 2.11 bits per heavy atom. The number of carbonyl (C=O) groups is 2. The molecular weight excluding hydrogens is 244 g/mol. The Morgan fingerprint density at radius 1 is 1.00 bits per heavy atom. The highest BCUT2D eigenvalue weighted by Gasteiger charge is 2.16. The normalized spacial score (nSPS) is 13.4. The van der Waals surface area contributed by atoms with Crippen LogP contribution < -0.4 is 0 Å². The van der Waals surface area contributed by atoms with Crippen molar-refractivity contribution >= 4 is 11.9 Å². The van der Waals surface area contributed by atoms with Crippen molar-refractivity contribution < 1.29 is 19.1 Å². The zero-order valence-electron chi connectivity index (χ0n) is 11.6. The van der Waals surface area contributed by atoms with Gasteiger partial charge in [-0.2, -0.15) is 0 Å². The van der Waals surface area contributed by atoms with Crippen molar-refractivity contribution in [3.05, 3.63) is 35.9 Å². The van der Waals surface area contributed by atoms with Crippen molar-refractivity contribution in [2.24, 2.45) is 0 Å². The smallest absolute Gasteiger partial charge is 0.303 e. The fourth-order valence-corrected chi connectivity index (χ4v) is 1.89. The van der Waals surface area contributed by atoms with Gasteiger partial charge in [-0.05, 0) is 25.3 Å². The third-order valence-electron chi connectivity index (χ3n) is 2.68. The van der Waals surface area contributed by atoms with Gasteiger partial charge in [-0.1, -0.05) is 30.3 Å². The van der Waals surface area contributed by atoms with Gasteiger partial charge in [0, 0.05) is 13.8 Å². The molecule has 0 bridgehead atoms. The molecule has 0 heterocycles. The van der Waals surface area contributed by atoms with Crippen LogP contribution in [-0.4, -0.2) is 18.0 Å². The average molecular weight is 264 g/mol. The van der Waals surface area contributed by atoms with E-state index in [0.717, 1.165) is 5.56 Å². The molecule has 0 aliphatic heterocycles. The average Bonchev–Trinajstić information content (AvgIpc) is 2.34. The highest BCUT2D eigenvalue weighted by molar-refractivity contribution is 5.66. The van der Waals surface area contributed by atoms with Crippen LogP contribution in [0.2, 0.25) is 0 Å². The van der Waals surface area contributed by atoms with E-state index in [1.54, 1.807) is 0 Å². The van der Waals surface area contributed by atoms with Gasteiger partial charge in [0.1, 0.15) is 6.10 Å². The first-order valence-corrected chi connectivity index (χ1v) is 6.38. The molecule has 1 aromatic rings. The summed E-state index contributed by atoms with van der Waals surface area (Å²) < 4.78 is 10.4. The van der Waals surface area contributed by atoms with Gasteiger partial charge >= 0.3 is 11.9 Å². The largest absolute Gasteiger partial charge is 0.463 e. The lowest BCUT2D eigenvalue weighted by Gasteiger charge is -2.19. The maximum atomic E-state index is 11.1. The Bertz CT molecular complexity index is 413. The lowest BCUT2D eigenvalue weighted by atomic mass is 10.0. The Labute approximate surface area is 113 Å². The van der Waals surface area contributed by atoms with Crippen molar-refractivity contribution in [2.45, 2.75) is 45.8 Å². The van der Waals surface area contributed by atoms with Gasteiger partial charge in [0.25, 0.3) is 0 Å². The van der Waals surface area contributed by atoms with E-state index in [0.29, 0.717) is 12.8 Å². The molecule has 0 saturated heterocycles. The van der Waals surface area contributed by atoms with Crippen LogP contribution in [-0.2, 0) is 19.1 Å². The number of esters is 2. The standard InChI is InChI=1S/C15H20O4/c1-11(18-12(2)16)9-10-15(19-13(3)17)14-7-5-4-6-8-14/h4-8,11,15H,9-10H2,1-3H3/t11-,15-/m0/s1. The van der Waals surface area contributed by atoms with Crippen LogP contribution >= 0.6 is 0 Å².